The van der Waals surface area contributed by atoms with Crippen molar-refractivity contribution in [1.29, 1.82) is 0 Å². The van der Waals surface area contributed by atoms with Gasteiger partial charge in [-0.2, -0.15) is 9.78 Å². The Bertz CT molecular complexity index is 1200. The number of hydrogen-bond acceptors (Lipinski definition) is 5. The van der Waals surface area contributed by atoms with Gasteiger partial charge in [-0.05, 0) is 35.2 Å². The van der Waals surface area contributed by atoms with E-state index in [0.717, 1.165) is 28.4 Å². The number of H-pyrrole nitrogens is 1. The molecule has 0 aliphatic carbocycles. The van der Waals surface area contributed by atoms with E-state index in [0.29, 0.717) is 28.8 Å². The first-order valence-electron chi connectivity index (χ1n) is 9.42. The van der Waals surface area contributed by atoms with E-state index in [2.05, 4.69) is 44.1 Å². The molecule has 2 N–H and O–H groups in total. The largest absolute Gasteiger partial charge is 0.371 e. The molecule has 0 bridgehead atoms. The summed E-state index contributed by atoms with van der Waals surface area (Å²) in [5.74, 6) is -0.257. The lowest BCUT2D eigenvalue weighted by molar-refractivity contribution is 0.0411. The zero-order valence-corrected chi connectivity index (χ0v) is 18.1. The smallest absolute Gasteiger partial charge is 0.349 e. The molecule has 9 heteroatoms. The maximum Gasteiger partial charge on any atom is 0.349 e. The number of alkyl halides is 1. The van der Waals surface area contributed by atoms with Crippen LogP contribution in [0.2, 0.25) is 0 Å². The number of carbonyl (C=O) groups excluding carboxylic acids is 1. The highest BCUT2D eigenvalue weighted by molar-refractivity contribution is 14.1. The van der Waals surface area contributed by atoms with Gasteiger partial charge in [-0.1, -0.05) is 52.9 Å². The Hall–Kier alpha value is -2.79. The van der Waals surface area contributed by atoms with Gasteiger partial charge in [-0.25, -0.2) is 4.79 Å². The molecule has 0 spiro atoms. The van der Waals surface area contributed by atoms with Crippen LogP contribution in [-0.2, 0) is 15.6 Å². The number of carbonyl (C=O) groups is 1. The number of nitrogens with one attached hydrogen (secondary N) is 2. The highest BCUT2D eigenvalue weighted by Gasteiger charge is 2.22. The Kier molecular flexibility index (Phi) is 6.09. The SMILES string of the molecule is O=C(NCC1OCCc2ccccc21)c1cc(-n2ncc(=O)[nH]c2=O)ccc1CI. The van der Waals surface area contributed by atoms with Crippen molar-refractivity contribution in [2.75, 3.05) is 13.2 Å². The highest BCUT2D eigenvalue weighted by Crippen LogP contribution is 2.26. The van der Waals surface area contributed by atoms with E-state index in [-0.39, 0.29) is 12.0 Å². The maximum atomic E-state index is 13.0. The van der Waals surface area contributed by atoms with Crippen LogP contribution in [0.4, 0.5) is 0 Å². The summed E-state index contributed by atoms with van der Waals surface area (Å²) in [5.41, 5.74) is 2.77. The Morgan fingerprint density at radius 1 is 1.27 bits per heavy atom. The molecule has 2 heterocycles. The summed E-state index contributed by atoms with van der Waals surface area (Å²) in [5, 5.41) is 6.81. The number of rotatable bonds is 5. The molecule has 2 aromatic carbocycles. The zero-order chi connectivity index (χ0) is 21.1. The summed E-state index contributed by atoms with van der Waals surface area (Å²) in [6, 6.07) is 13.2. The van der Waals surface area contributed by atoms with Crippen LogP contribution in [0.1, 0.15) is 33.2 Å². The molecule has 1 unspecified atom stereocenters. The molecule has 0 radical (unpaired) electrons. The molecular formula is C21H19IN4O4. The molecule has 0 fully saturated rings. The average molecular weight is 518 g/mol. The van der Waals surface area contributed by atoms with Crippen molar-refractivity contribution < 1.29 is 9.53 Å². The van der Waals surface area contributed by atoms with E-state index in [1.807, 2.05) is 18.2 Å². The quantitative estimate of drug-likeness (QED) is 0.397. The van der Waals surface area contributed by atoms with Crippen molar-refractivity contribution in [2.45, 2.75) is 17.0 Å². The van der Waals surface area contributed by atoms with Crippen molar-refractivity contribution in [1.82, 2.24) is 20.1 Å². The minimum absolute atomic E-state index is 0.200. The van der Waals surface area contributed by atoms with Gasteiger partial charge in [-0.3, -0.25) is 14.6 Å². The van der Waals surface area contributed by atoms with Crippen LogP contribution in [0.3, 0.4) is 0 Å². The van der Waals surface area contributed by atoms with Gasteiger partial charge in [0, 0.05) is 16.5 Å². The summed E-state index contributed by atoms with van der Waals surface area (Å²) in [6.07, 6.45) is 1.68. The molecule has 1 amide bonds. The van der Waals surface area contributed by atoms with Gasteiger partial charge in [-0.15, -0.1) is 0 Å². The number of aromatic amines is 1. The topological polar surface area (TPSA) is 106 Å². The van der Waals surface area contributed by atoms with Gasteiger partial charge >= 0.3 is 5.69 Å². The number of ether oxygens (including phenoxy) is 1. The van der Waals surface area contributed by atoms with Crippen molar-refractivity contribution in [2.24, 2.45) is 0 Å². The lowest BCUT2D eigenvalue weighted by atomic mass is 9.97. The van der Waals surface area contributed by atoms with Crippen molar-refractivity contribution >= 4 is 28.5 Å². The maximum absolute atomic E-state index is 13.0. The fourth-order valence-electron chi connectivity index (χ4n) is 3.49. The van der Waals surface area contributed by atoms with E-state index in [1.165, 1.54) is 5.56 Å². The highest BCUT2D eigenvalue weighted by atomic mass is 127. The van der Waals surface area contributed by atoms with E-state index < -0.39 is 11.2 Å². The Morgan fingerprint density at radius 3 is 2.90 bits per heavy atom. The summed E-state index contributed by atoms with van der Waals surface area (Å²) < 4.78 is 7.54. The Morgan fingerprint density at radius 2 is 2.10 bits per heavy atom. The first-order chi connectivity index (χ1) is 14.6. The number of halogens is 1. The number of benzene rings is 2. The summed E-state index contributed by atoms with van der Waals surface area (Å²) in [6.45, 7) is 0.963. The second kappa shape index (κ2) is 8.92. The third-order valence-electron chi connectivity index (χ3n) is 4.98. The Labute approximate surface area is 185 Å². The van der Waals surface area contributed by atoms with Crippen LogP contribution in [0.25, 0.3) is 5.69 Å². The molecule has 8 nitrogen and oxygen atoms in total. The van der Waals surface area contributed by atoms with Crippen LogP contribution in [0.5, 0.6) is 0 Å². The second-order valence-corrected chi connectivity index (χ2v) is 7.61. The van der Waals surface area contributed by atoms with Crippen LogP contribution in [0.15, 0.2) is 58.3 Å². The number of amides is 1. The van der Waals surface area contributed by atoms with Gasteiger partial charge in [0.1, 0.15) is 12.3 Å². The van der Waals surface area contributed by atoms with Crippen LogP contribution >= 0.6 is 22.6 Å². The van der Waals surface area contributed by atoms with Crippen LogP contribution in [0, 0.1) is 0 Å². The molecule has 1 aromatic heterocycles. The Balaban J connectivity index is 1.58. The molecule has 1 aliphatic heterocycles. The van der Waals surface area contributed by atoms with Gasteiger partial charge in [0.2, 0.25) is 0 Å². The molecule has 1 atom stereocenters. The zero-order valence-electron chi connectivity index (χ0n) is 15.9. The molecule has 154 valence electrons. The van der Waals surface area contributed by atoms with Gasteiger partial charge in [0.15, 0.2) is 0 Å². The molecule has 0 saturated heterocycles. The average Bonchev–Trinajstić information content (AvgIpc) is 2.77. The first kappa shape index (κ1) is 20.5. The van der Waals surface area contributed by atoms with E-state index in [1.54, 1.807) is 18.2 Å². The number of aromatic nitrogens is 3. The predicted octanol–water partition coefficient (Wildman–Crippen LogP) is 1.90. The van der Waals surface area contributed by atoms with Crippen LogP contribution < -0.4 is 16.6 Å². The molecule has 4 rings (SSSR count). The summed E-state index contributed by atoms with van der Waals surface area (Å²) >= 11 is 2.19. The fourth-order valence-corrected chi connectivity index (χ4v) is 4.15. The van der Waals surface area contributed by atoms with E-state index >= 15 is 0 Å². The normalized spacial score (nSPS) is 15.4. The molecule has 3 aromatic rings. The van der Waals surface area contributed by atoms with Gasteiger partial charge in [0.05, 0.1) is 12.3 Å². The molecule has 30 heavy (non-hydrogen) atoms. The van der Waals surface area contributed by atoms with Crippen molar-refractivity contribution in [3.8, 4) is 5.69 Å². The minimum atomic E-state index is -0.664. The first-order valence-corrected chi connectivity index (χ1v) is 10.9. The van der Waals surface area contributed by atoms with E-state index in [9.17, 15) is 14.4 Å². The third-order valence-corrected chi connectivity index (χ3v) is 5.80. The summed E-state index contributed by atoms with van der Waals surface area (Å²) in [7, 11) is 0. The van der Waals surface area contributed by atoms with Crippen molar-refractivity contribution in [3.05, 3.63) is 91.8 Å². The standard InChI is InChI=1S/C21H19IN4O4/c22-10-14-5-6-15(26-21(29)25-19(27)12-24-26)9-17(14)20(28)23-11-18-16-4-2-1-3-13(16)7-8-30-18/h1-6,9,12,18H,7-8,10-11H2,(H,23,28)(H,25,27,29). The number of hydrogen-bond donors (Lipinski definition) is 2. The second-order valence-electron chi connectivity index (χ2n) is 6.84. The number of fused-ring (bicyclic) bond motifs is 1. The van der Waals surface area contributed by atoms with E-state index in [4.69, 9.17) is 4.74 Å². The molecule has 1 aliphatic rings. The number of nitrogens with zero attached hydrogens (tertiary/aromatic N) is 2. The van der Waals surface area contributed by atoms with Gasteiger partial charge < -0.3 is 10.1 Å². The lowest BCUT2D eigenvalue weighted by Crippen LogP contribution is -2.33. The minimum Gasteiger partial charge on any atom is -0.371 e. The molecule has 0 saturated carbocycles. The van der Waals surface area contributed by atoms with Crippen molar-refractivity contribution in [3.63, 3.8) is 0 Å². The lowest BCUT2D eigenvalue weighted by Gasteiger charge is -2.26. The fraction of sp³-hybridized carbons (Fsp3) is 0.238. The predicted molar refractivity (Wildman–Crippen MR) is 119 cm³/mol. The summed E-state index contributed by atoms with van der Waals surface area (Å²) in [4.78, 5) is 38.4. The monoisotopic (exact) mass is 518 g/mol. The molecular weight excluding hydrogens is 499 g/mol. The third kappa shape index (κ3) is 4.21. The van der Waals surface area contributed by atoms with Gasteiger partial charge in [0.25, 0.3) is 11.5 Å². The van der Waals surface area contributed by atoms with Crippen LogP contribution in [-0.4, -0.2) is 33.8 Å².